The summed E-state index contributed by atoms with van der Waals surface area (Å²) in [5, 5.41) is 3.00. The highest BCUT2D eigenvalue weighted by Crippen LogP contribution is 2.33. The van der Waals surface area contributed by atoms with Crippen LogP contribution in [0.15, 0.2) is 67.3 Å². The van der Waals surface area contributed by atoms with E-state index in [9.17, 15) is 9.59 Å². The maximum absolute atomic E-state index is 13.2. The zero-order valence-electron chi connectivity index (χ0n) is 19.1. The van der Waals surface area contributed by atoms with Crippen LogP contribution >= 0.6 is 0 Å². The van der Waals surface area contributed by atoms with E-state index in [1.165, 1.54) is 0 Å². The van der Waals surface area contributed by atoms with Gasteiger partial charge in [-0.2, -0.15) is 0 Å². The van der Waals surface area contributed by atoms with E-state index < -0.39 is 6.10 Å². The standard InChI is InChI=1S/C26H29N5O3/c32-25(30-13-4-1-5-14-30)24-18-31(22-6-2-3-7-23(22)34-24)26(33)28-16-20-8-10-21(11-9-20)17-29-15-12-27-19-29/h2-3,6-12,15,19,24H,1,4-5,13-14,16-18H2,(H,28,33). The molecule has 34 heavy (non-hydrogen) atoms. The zero-order valence-corrected chi connectivity index (χ0v) is 19.1. The zero-order chi connectivity index (χ0) is 23.3. The lowest BCUT2D eigenvalue weighted by atomic mass is 10.1. The number of hydrogen-bond acceptors (Lipinski definition) is 4. The number of urea groups is 1. The van der Waals surface area contributed by atoms with Gasteiger partial charge in [0.05, 0.1) is 18.6 Å². The van der Waals surface area contributed by atoms with Gasteiger partial charge in [-0.25, -0.2) is 9.78 Å². The highest BCUT2D eigenvalue weighted by Gasteiger charge is 2.36. The van der Waals surface area contributed by atoms with Gasteiger partial charge in [0.1, 0.15) is 5.75 Å². The van der Waals surface area contributed by atoms with Crippen molar-refractivity contribution in [1.82, 2.24) is 19.8 Å². The number of rotatable bonds is 5. The van der Waals surface area contributed by atoms with Crippen molar-refractivity contribution in [3.8, 4) is 5.75 Å². The molecule has 1 saturated heterocycles. The molecule has 0 bridgehead atoms. The summed E-state index contributed by atoms with van der Waals surface area (Å²) in [6.07, 6.45) is 7.96. The van der Waals surface area contributed by atoms with Crippen LogP contribution in [0.5, 0.6) is 5.75 Å². The Hall–Kier alpha value is -3.81. The van der Waals surface area contributed by atoms with E-state index in [0.717, 1.165) is 50.0 Å². The summed E-state index contributed by atoms with van der Waals surface area (Å²) in [6.45, 7) is 2.85. The van der Waals surface area contributed by atoms with E-state index in [1.807, 2.05) is 52.1 Å². The minimum absolute atomic E-state index is 0.0412. The number of ether oxygens (including phenoxy) is 1. The third-order valence-corrected chi connectivity index (χ3v) is 6.35. The summed E-state index contributed by atoms with van der Waals surface area (Å²) >= 11 is 0. The lowest BCUT2D eigenvalue weighted by molar-refractivity contribution is -0.139. The summed E-state index contributed by atoms with van der Waals surface area (Å²) < 4.78 is 8.04. The fourth-order valence-corrected chi connectivity index (χ4v) is 4.50. The SMILES string of the molecule is O=C(C1CN(C(=O)NCc2ccc(Cn3ccnc3)cc2)c2ccccc2O1)N1CCCCC1. The Bertz CT molecular complexity index is 1120. The van der Waals surface area contributed by atoms with Gasteiger partial charge in [0, 0.05) is 38.6 Å². The van der Waals surface area contributed by atoms with Crippen molar-refractivity contribution in [1.29, 1.82) is 0 Å². The normalized spacial score (nSPS) is 17.6. The first-order valence-electron chi connectivity index (χ1n) is 11.8. The molecule has 1 fully saturated rings. The van der Waals surface area contributed by atoms with Crippen LogP contribution in [0.1, 0.15) is 30.4 Å². The van der Waals surface area contributed by atoms with Gasteiger partial charge in [0.25, 0.3) is 5.91 Å². The molecule has 1 atom stereocenters. The van der Waals surface area contributed by atoms with Crippen LogP contribution in [-0.4, -0.2) is 52.1 Å². The van der Waals surface area contributed by atoms with Crippen molar-refractivity contribution in [2.45, 2.75) is 38.5 Å². The van der Waals surface area contributed by atoms with E-state index in [2.05, 4.69) is 22.4 Å². The quantitative estimate of drug-likeness (QED) is 0.634. The molecule has 8 heteroatoms. The molecule has 2 aliphatic rings. The fraction of sp³-hybridized carbons (Fsp3) is 0.346. The summed E-state index contributed by atoms with van der Waals surface area (Å²) in [7, 11) is 0. The Morgan fingerprint density at radius 3 is 2.53 bits per heavy atom. The first-order chi connectivity index (χ1) is 16.7. The predicted octanol–water partition coefficient (Wildman–Crippen LogP) is 3.42. The Labute approximate surface area is 199 Å². The van der Waals surface area contributed by atoms with E-state index in [0.29, 0.717) is 18.0 Å². The average molecular weight is 460 g/mol. The number of para-hydroxylation sites is 2. The molecule has 0 aliphatic carbocycles. The second-order valence-corrected chi connectivity index (χ2v) is 8.78. The lowest BCUT2D eigenvalue weighted by Gasteiger charge is -2.37. The van der Waals surface area contributed by atoms with Crippen LogP contribution in [0, 0.1) is 0 Å². The van der Waals surface area contributed by atoms with Crippen LogP contribution in [0.3, 0.4) is 0 Å². The van der Waals surface area contributed by atoms with Gasteiger partial charge >= 0.3 is 6.03 Å². The van der Waals surface area contributed by atoms with Crippen molar-refractivity contribution in [3.05, 3.63) is 78.4 Å². The first-order valence-corrected chi connectivity index (χ1v) is 11.8. The molecule has 3 amide bonds. The maximum Gasteiger partial charge on any atom is 0.322 e. The number of benzene rings is 2. The van der Waals surface area contributed by atoms with Gasteiger partial charge in [0.15, 0.2) is 6.10 Å². The van der Waals surface area contributed by atoms with E-state index in [4.69, 9.17) is 4.74 Å². The number of piperidine rings is 1. The fourth-order valence-electron chi connectivity index (χ4n) is 4.50. The average Bonchev–Trinajstić information content (AvgIpc) is 3.40. The number of anilines is 1. The van der Waals surface area contributed by atoms with Crippen LogP contribution < -0.4 is 15.0 Å². The number of imidazole rings is 1. The smallest absolute Gasteiger partial charge is 0.322 e. The van der Waals surface area contributed by atoms with Gasteiger partial charge < -0.3 is 19.5 Å². The first kappa shape index (κ1) is 22.0. The molecule has 0 radical (unpaired) electrons. The largest absolute Gasteiger partial charge is 0.476 e. The number of likely N-dealkylation sites (tertiary alicyclic amines) is 1. The van der Waals surface area contributed by atoms with Crippen molar-refractivity contribution in [2.24, 2.45) is 0 Å². The number of carbonyl (C=O) groups excluding carboxylic acids is 2. The molecule has 0 spiro atoms. The molecular weight excluding hydrogens is 430 g/mol. The lowest BCUT2D eigenvalue weighted by Crippen LogP contribution is -2.54. The Balaban J connectivity index is 1.24. The van der Waals surface area contributed by atoms with Crippen molar-refractivity contribution in [2.75, 3.05) is 24.5 Å². The summed E-state index contributed by atoms with van der Waals surface area (Å²) in [6, 6.07) is 15.3. The molecule has 0 saturated carbocycles. The van der Waals surface area contributed by atoms with Crippen LogP contribution in [0.4, 0.5) is 10.5 Å². The Kier molecular flexibility index (Phi) is 6.46. The van der Waals surface area contributed by atoms with Gasteiger partial charge in [-0.1, -0.05) is 36.4 Å². The van der Waals surface area contributed by atoms with Gasteiger partial charge in [0.2, 0.25) is 0 Å². The predicted molar refractivity (Wildman–Crippen MR) is 129 cm³/mol. The molecule has 1 unspecified atom stereocenters. The summed E-state index contributed by atoms with van der Waals surface area (Å²) in [5.41, 5.74) is 2.85. The number of carbonyl (C=O) groups is 2. The van der Waals surface area contributed by atoms with Crippen molar-refractivity contribution < 1.29 is 14.3 Å². The van der Waals surface area contributed by atoms with Crippen molar-refractivity contribution >= 4 is 17.6 Å². The molecule has 2 aliphatic heterocycles. The van der Waals surface area contributed by atoms with E-state index >= 15 is 0 Å². The van der Waals surface area contributed by atoms with Gasteiger partial charge in [-0.15, -0.1) is 0 Å². The second-order valence-electron chi connectivity index (χ2n) is 8.78. The maximum atomic E-state index is 13.2. The van der Waals surface area contributed by atoms with E-state index in [1.54, 1.807) is 17.4 Å². The molecule has 5 rings (SSSR count). The molecule has 1 aromatic heterocycles. The monoisotopic (exact) mass is 459 g/mol. The highest BCUT2D eigenvalue weighted by molar-refractivity contribution is 5.96. The molecule has 3 aromatic rings. The van der Waals surface area contributed by atoms with Crippen LogP contribution in [0.2, 0.25) is 0 Å². The molecular formula is C26H29N5O3. The summed E-state index contributed by atoms with van der Waals surface area (Å²) in [4.78, 5) is 33.8. The molecule has 176 valence electrons. The second kappa shape index (κ2) is 9.99. The molecule has 8 nitrogen and oxygen atoms in total. The number of fused-ring (bicyclic) bond motifs is 1. The summed E-state index contributed by atoms with van der Waals surface area (Å²) in [5.74, 6) is 0.517. The number of nitrogens with one attached hydrogen (secondary N) is 1. The molecule has 2 aromatic carbocycles. The third-order valence-electron chi connectivity index (χ3n) is 6.35. The topological polar surface area (TPSA) is 79.7 Å². The van der Waals surface area contributed by atoms with Crippen molar-refractivity contribution in [3.63, 3.8) is 0 Å². The number of amides is 3. The van der Waals surface area contributed by atoms with E-state index in [-0.39, 0.29) is 18.5 Å². The number of aromatic nitrogens is 2. The molecule has 3 heterocycles. The molecule has 1 N–H and O–H groups in total. The number of nitrogens with zero attached hydrogens (tertiary/aromatic N) is 4. The minimum atomic E-state index is -0.693. The number of hydrogen-bond donors (Lipinski definition) is 1. The highest BCUT2D eigenvalue weighted by atomic mass is 16.5. The van der Waals surface area contributed by atoms with Gasteiger partial charge in [-0.3, -0.25) is 9.69 Å². The van der Waals surface area contributed by atoms with Crippen LogP contribution in [0.25, 0.3) is 0 Å². The minimum Gasteiger partial charge on any atom is -0.476 e. The Morgan fingerprint density at radius 1 is 1.00 bits per heavy atom. The van der Waals surface area contributed by atoms with Crippen LogP contribution in [-0.2, 0) is 17.9 Å². The van der Waals surface area contributed by atoms with Gasteiger partial charge in [-0.05, 0) is 42.5 Å². The Morgan fingerprint density at radius 2 is 1.76 bits per heavy atom. The third kappa shape index (κ3) is 4.90.